The Morgan fingerprint density at radius 1 is 1.45 bits per heavy atom. The summed E-state index contributed by atoms with van der Waals surface area (Å²) < 4.78 is 7.75. The number of carbonyl (C=O) groups excluding carboxylic acids is 1. The number of hydrogen-bond acceptors (Lipinski definition) is 3. The summed E-state index contributed by atoms with van der Waals surface area (Å²) in [6.45, 7) is 0.694. The van der Waals surface area contributed by atoms with Crippen LogP contribution >= 0.6 is 0 Å². The third kappa shape index (κ3) is 2.14. The highest BCUT2D eigenvalue weighted by molar-refractivity contribution is 5.82. The zero-order valence-corrected chi connectivity index (χ0v) is 11.8. The van der Waals surface area contributed by atoms with Crippen LogP contribution < -0.4 is 5.32 Å². The van der Waals surface area contributed by atoms with Crippen LogP contribution in [0.15, 0.2) is 12.4 Å². The monoisotopic (exact) mass is 275 g/mol. The smallest absolute Gasteiger partial charge is 0.223 e. The van der Waals surface area contributed by atoms with Crippen LogP contribution in [0.3, 0.4) is 0 Å². The molecule has 1 aliphatic heterocycles. The predicted molar refractivity (Wildman–Crippen MR) is 72.8 cm³/mol. The number of amides is 1. The molecule has 1 saturated heterocycles. The van der Waals surface area contributed by atoms with E-state index in [9.17, 15) is 4.79 Å². The Hall–Kier alpha value is -1.36. The normalized spacial score (nSPS) is 36.0. The highest BCUT2D eigenvalue weighted by Gasteiger charge is 2.51. The molecule has 2 aliphatic carbocycles. The fraction of sp³-hybridized carbons (Fsp3) is 0.733. The van der Waals surface area contributed by atoms with E-state index in [0.717, 1.165) is 24.6 Å². The molecular formula is C15H21N3O2. The second-order valence-electron chi connectivity index (χ2n) is 6.43. The number of carbonyl (C=O) groups is 1. The molecule has 1 N–H and O–H groups in total. The number of nitrogens with zero attached hydrogens (tertiary/aromatic N) is 2. The standard InChI is InChI=1S/C15H21N3O2/c1-18-6-5-16-14(18)13-12(4-7-20-13)17-15(19)11-8-10(11)9-2-3-9/h5-6,9-13H,2-4,7-8H2,1H3,(H,17,19)/t10-,11+,12+,13+/m1/s1. The number of nitrogens with one attached hydrogen (secondary N) is 1. The van der Waals surface area contributed by atoms with E-state index in [2.05, 4.69) is 10.3 Å². The number of ether oxygens (including phenoxy) is 1. The van der Waals surface area contributed by atoms with E-state index in [1.165, 1.54) is 12.8 Å². The van der Waals surface area contributed by atoms with E-state index in [1.807, 2.05) is 17.8 Å². The molecule has 0 aromatic carbocycles. The molecule has 0 unspecified atom stereocenters. The van der Waals surface area contributed by atoms with Crippen molar-refractivity contribution in [2.24, 2.45) is 24.8 Å². The average molecular weight is 275 g/mol. The largest absolute Gasteiger partial charge is 0.368 e. The molecule has 5 nitrogen and oxygen atoms in total. The van der Waals surface area contributed by atoms with E-state index >= 15 is 0 Å². The molecule has 108 valence electrons. The van der Waals surface area contributed by atoms with Gasteiger partial charge in [-0.25, -0.2) is 4.98 Å². The lowest BCUT2D eigenvalue weighted by Gasteiger charge is -2.19. The average Bonchev–Trinajstić information content (AvgIpc) is 3.31. The van der Waals surface area contributed by atoms with Gasteiger partial charge in [-0.05, 0) is 37.5 Å². The summed E-state index contributed by atoms with van der Waals surface area (Å²) in [5.74, 6) is 2.92. The van der Waals surface area contributed by atoms with Crippen LogP contribution in [-0.2, 0) is 16.6 Å². The van der Waals surface area contributed by atoms with Crippen molar-refractivity contribution < 1.29 is 9.53 Å². The van der Waals surface area contributed by atoms with Gasteiger partial charge in [0.15, 0.2) is 0 Å². The second kappa shape index (κ2) is 4.58. The van der Waals surface area contributed by atoms with Crippen LogP contribution in [-0.4, -0.2) is 28.1 Å². The van der Waals surface area contributed by atoms with Crippen molar-refractivity contribution in [3.8, 4) is 0 Å². The van der Waals surface area contributed by atoms with Crippen molar-refractivity contribution in [2.45, 2.75) is 37.8 Å². The quantitative estimate of drug-likeness (QED) is 0.904. The van der Waals surface area contributed by atoms with Crippen LogP contribution in [0.1, 0.15) is 37.6 Å². The SMILES string of the molecule is Cn1ccnc1[C@H]1OCC[C@@H]1NC(=O)[C@H]1C[C@@H]1C1CC1. The van der Waals surface area contributed by atoms with Gasteiger partial charge in [0.25, 0.3) is 0 Å². The molecule has 20 heavy (non-hydrogen) atoms. The Balaban J connectivity index is 1.40. The maximum absolute atomic E-state index is 12.3. The molecule has 0 bridgehead atoms. The summed E-state index contributed by atoms with van der Waals surface area (Å²) in [7, 11) is 1.97. The molecule has 1 aromatic heterocycles. The van der Waals surface area contributed by atoms with Gasteiger partial charge in [-0.1, -0.05) is 0 Å². The van der Waals surface area contributed by atoms with Gasteiger partial charge < -0.3 is 14.6 Å². The van der Waals surface area contributed by atoms with Gasteiger partial charge in [0.2, 0.25) is 5.91 Å². The molecule has 0 radical (unpaired) electrons. The first kappa shape index (κ1) is 12.4. The molecule has 0 spiro atoms. The van der Waals surface area contributed by atoms with Crippen molar-refractivity contribution in [1.82, 2.24) is 14.9 Å². The lowest BCUT2D eigenvalue weighted by Crippen LogP contribution is -2.38. The molecule has 5 heteroatoms. The van der Waals surface area contributed by atoms with E-state index in [-0.39, 0.29) is 24.0 Å². The summed E-state index contributed by atoms with van der Waals surface area (Å²) in [6.07, 6.45) is 8.23. The maximum Gasteiger partial charge on any atom is 0.223 e. The van der Waals surface area contributed by atoms with Gasteiger partial charge in [-0.15, -0.1) is 0 Å². The predicted octanol–water partition coefficient (Wildman–Crippen LogP) is 1.41. The minimum atomic E-state index is -0.0999. The minimum absolute atomic E-state index is 0.0732. The van der Waals surface area contributed by atoms with Gasteiger partial charge >= 0.3 is 0 Å². The van der Waals surface area contributed by atoms with Gasteiger partial charge in [0, 0.05) is 32.0 Å². The molecular weight excluding hydrogens is 254 g/mol. The van der Waals surface area contributed by atoms with Crippen LogP contribution in [0.25, 0.3) is 0 Å². The third-order valence-corrected chi connectivity index (χ3v) is 4.94. The van der Waals surface area contributed by atoms with E-state index < -0.39 is 0 Å². The molecule has 1 aromatic rings. The Labute approximate surface area is 118 Å². The Kier molecular flexibility index (Phi) is 2.84. The van der Waals surface area contributed by atoms with Crippen molar-refractivity contribution in [3.05, 3.63) is 18.2 Å². The Morgan fingerprint density at radius 3 is 3.00 bits per heavy atom. The fourth-order valence-corrected chi connectivity index (χ4v) is 3.49. The summed E-state index contributed by atoms with van der Waals surface area (Å²) in [4.78, 5) is 16.7. The Bertz CT molecular complexity index is 523. The molecule has 2 heterocycles. The van der Waals surface area contributed by atoms with Crippen molar-refractivity contribution >= 4 is 5.91 Å². The highest BCUT2D eigenvalue weighted by atomic mass is 16.5. The topological polar surface area (TPSA) is 56.1 Å². The molecule has 4 rings (SSSR count). The van der Waals surface area contributed by atoms with E-state index in [1.54, 1.807) is 6.20 Å². The van der Waals surface area contributed by atoms with E-state index in [0.29, 0.717) is 12.5 Å². The van der Waals surface area contributed by atoms with Crippen LogP contribution in [0.5, 0.6) is 0 Å². The highest BCUT2D eigenvalue weighted by Crippen LogP contribution is 2.54. The van der Waals surface area contributed by atoms with Gasteiger partial charge in [0.05, 0.1) is 6.04 Å². The molecule has 4 atom stereocenters. The second-order valence-corrected chi connectivity index (χ2v) is 6.43. The number of imidazole rings is 1. The number of aromatic nitrogens is 2. The van der Waals surface area contributed by atoms with Crippen molar-refractivity contribution in [2.75, 3.05) is 6.61 Å². The lowest BCUT2D eigenvalue weighted by atomic mass is 10.1. The van der Waals surface area contributed by atoms with Gasteiger partial charge in [-0.2, -0.15) is 0 Å². The number of aryl methyl sites for hydroxylation is 1. The first-order chi connectivity index (χ1) is 9.74. The Morgan fingerprint density at radius 2 is 2.30 bits per heavy atom. The minimum Gasteiger partial charge on any atom is -0.368 e. The van der Waals surface area contributed by atoms with Crippen molar-refractivity contribution in [3.63, 3.8) is 0 Å². The maximum atomic E-state index is 12.3. The molecule has 1 amide bonds. The van der Waals surface area contributed by atoms with Crippen LogP contribution in [0.4, 0.5) is 0 Å². The third-order valence-electron chi connectivity index (χ3n) is 4.94. The van der Waals surface area contributed by atoms with E-state index in [4.69, 9.17) is 4.74 Å². The van der Waals surface area contributed by atoms with Crippen molar-refractivity contribution in [1.29, 1.82) is 0 Å². The van der Waals surface area contributed by atoms with Crippen LogP contribution in [0, 0.1) is 17.8 Å². The zero-order valence-electron chi connectivity index (χ0n) is 11.8. The summed E-state index contributed by atoms with van der Waals surface area (Å²) >= 11 is 0. The number of hydrogen-bond donors (Lipinski definition) is 1. The zero-order chi connectivity index (χ0) is 13.7. The first-order valence-electron chi connectivity index (χ1n) is 7.63. The molecule has 3 fully saturated rings. The van der Waals surface area contributed by atoms with Gasteiger partial charge in [-0.3, -0.25) is 4.79 Å². The lowest BCUT2D eigenvalue weighted by molar-refractivity contribution is -0.123. The summed E-state index contributed by atoms with van der Waals surface area (Å²) in [5.41, 5.74) is 0. The van der Waals surface area contributed by atoms with Crippen LogP contribution in [0.2, 0.25) is 0 Å². The summed E-state index contributed by atoms with van der Waals surface area (Å²) in [5, 5.41) is 3.20. The summed E-state index contributed by atoms with van der Waals surface area (Å²) in [6, 6.07) is 0.0732. The number of rotatable bonds is 4. The molecule has 2 saturated carbocycles. The first-order valence-corrected chi connectivity index (χ1v) is 7.63. The van der Waals surface area contributed by atoms with Gasteiger partial charge in [0.1, 0.15) is 11.9 Å². The fourth-order valence-electron chi connectivity index (χ4n) is 3.49. The molecule has 3 aliphatic rings.